The number of hydrogen-bond acceptors (Lipinski definition) is 17. The van der Waals surface area contributed by atoms with Gasteiger partial charge in [-0.2, -0.15) is 21.6 Å². The number of ether oxygens (including phenoxy) is 6. The SMILES string of the molecule is COc1cc(-c2cc3ncccc3c(NC[C@H]3CCC(=O)C3)n2)cc(OC)c1OC.COc1cc(-c2cc3ncccc3c(OS(=O)(=O)C(F)(F)F)n2)cc(OC)c1OC.NC[C@H]1CNC(=O)C1. The minimum Gasteiger partial charge on any atom is -0.493 e. The van der Waals surface area contributed by atoms with Crippen molar-refractivity contribution in [3.05, 3.63) is 73.1 Å². The molecule has 362 valence electrons. The maximum atomic E-state index is 12.8. The monoisotopic (exact) mass is 965 g/mol. The van der Waals surface area contributed by atoms with E-state index in [-0.39, 0.29) is 34.0 Å². The highest BCUT2D eigenvalue weighted by Gasteiger charge is 2.49. The lowest BCUT2D eigenvalue weighted by Crippen LogP contribution is -2.28. The number of carbonyl (C=O) groups excluding carboxylic acids is 2. The van der Waals surface area contributed by atoms with Crippen LogP contribution in [0.15, 0.2) is 73.1 Å². The predicted octanol–water partition coefficient (Wildman–Crippen LogP) is 6.74. The maximum Gasteiger partial charge on any atom is 0.534 e. The van der Waals surface area contributed by atoms with E-state index in [0.29, 0.717) is 78.5 Å². The van der Waals surface area contributed by atoms with E-state index in [4.69, 9.17) is 39.1 Å². The Labute approximate surface area is 389 Å². The Kier molecular flexibility index (Phi) is 16.3. The number of nitrogens with one attached hydrogen (secondary N) is 2. The summed E-state index contributed by atoms with van der Waals surface area (Å²) in [5, 5.41) is 7.08. The van der Waals surface area contributed by atoms with Crippen LogP contribution in [0.3, 0.4) is 0 Å². The molecule has 2 atom stereocenters. The molecule has 68 heavy (non-hydrogen) atoms. The molecule has 4 N–H and O–H groups in total. The third-order valence-electron chi connectivity index (χ3n) is 10.9. The summed E-state index contributed by atoms with van der Waals surface area (Å²) in [6.07, 6.45) is 6.01. The lowest BCUT2D eigenvalue weighted by atomic mass is 10.1. The Morgan fingerprint density at radius 1 is 0.721 bits per heavy atom. The minimum atomic E-state index is -5.94. The Hall–Kier alpha value is -7.20. The molecule has 1 aliphatic heterocycles. The summed E-state index contributed by atoms with van der Waals surface area (Å²) in [5.41, 5.74) is 2.68. The second kappa shape index (κ2) is 22.1. The molecule has 1 saturated heterocycles. The van der Waals surface area contributed by atoms with Crippen LogP contribution in [0.5, 0.6) is 40.4 Å². The average Bonchev–Trinajstić information content (AvgIpc) is 3.98. The van der Waals surface area contributed by atoms with Gasteiger partial charge in [-0.3, -0.25) is 19.6 Å². The number of methoxy groups -OCH3 is 6. The third kappa shape index (κ3) is 11.7. The van der Waals surface area contributed by atoms with E-state index in [1.54, 1.807) is 27.5 Å². The molecular weight excluding hydrogens is 916 g/mol. The van der Waals surface area contributed by atoms with Crippen molar-refractivity contribution < 1.29 is 63.8 Å². The fourth-order valence-electron chi connectivity index (χ4n) is 7.36. The average molecular weight is 966 g/mol. The standard InChI is InChI=1S/C23H25N3O4.C18H15F3N2O6S.C5H10N2O/c1-28-20-10-15(11-21(29-2)22(20)30-3)18-12-19-17(5-4-8-24-19)23(26-18)25-13-14-6-7-16(27)9-14;1-26-14-7-10(8-15(27-2)16(14)28-3)12-9-13-11(5-4-6-22-13)17(23-12)29-30(24,25)18(19,20)21;6-2-4-1-5(8)7-3-4/h4-5,8,10-12,14H,6-7,9,13H2,1-3H3,(H,25,26);4-9H,1-3H3;4H,1-3,6H2,(H,7,8)/t14-;;4-/m0.0/s1. The molecule has 2 aliphatic rings. The quantitative estimate of drug-likeness (QED) is 0.0758. The number of ketones is 1. The van der Waals surface area contributed by atoms with Crippen molar-refractivity contribution in [3.8, 4) is 62.9 Å². The van der Waals surface area contributed by atoms with Crippen molar-refractivity contribution in [1.82, 2.24) is 25.3 Å². The lowest BCUT2D eigenvalue weighted by Gasteiger charge is -2.16. The molecule has 18 nitrogen and oxygen atoms in total. The van der Waals surface area contributed by atoms with Crippen LogP contribution in [0.1, 0.15) is 25.7 Å². The van der Waals surface area contributed by atoms with Gasteiger partial charge in [-0.05, 0) is 85.5 Å². The molecule has 1 amide bonds. The molecule has 6 aromatic rings. The second-order valence-electron chi connectivity index (χ2n) is 15.3. The first kappa shape index (κ1) is 50.2. The zero-order valence-electron chi connectivity index (χ0n) is 37.9. The van der Waals surface area contributed by atoms with Crippen LogP contribution in [-0.2, 0) is 19.7 Å². The Morgan fingerprint density at radius 3 is 1.66 bits per heavy atom. The molecule has 4 aromatic heterocycles. The molecule has 1 aliphatic carbocycles. The molecule has 2 aromatic carbocycles. The number of carbonyl (C=O) groups is 2. The van der Waals surface area contributed by atoms with Gasteiger partial charge in [0.1, 0.15) is 11.6 Å². The number of rotatable bonds is 14. The molecule has 1 saturated carbocycles. The van der Waals surface area contributed by atoms with Gasteiger partial charge in [-0.1, -0.05) is 0 Å². The number of hydrogen-bond donors (Lipinski definition) is 3. The molecular formula is C46H50F3N7O11S. The number of Topliss-reactive ketones (excluding diaryl/α,β-unsaturated/α-hetero) is 1. The van der Waals surface area contributed by atoms with E-state index in [0.717, 1.165) is 40.9 Å². The smallest absolute Gasteiger partial charge is 0.493 e. The summed E-state index contributed by atoms with van der Waals surface area (Å²) in [6.45, 7) is 2.11. The van der Waals surface area contributed by atoms with E-state index in [1.807, 2.05) is 30.3 Å². The van der Waals surface area contributed by atoms with Gasteiger partial charge < -0.3 is 49.0 Å². The van der Waals surface area contributed by atoms with E-state index in [9.17, 15) is 31.2 Å². The molecule has 0 bridgehead atoms. The molecule has 0 unspecified atom stereocenters. The number of alkyl halides is 3. The first-order valence-electron chi connectivity index (χ1n) is 20.9. The summed E-state index contributed by atoms with van der Waals surface area (Å²) >= 11 is 0. The molecule has 22 heteroatoms. The molecule has 0 radical (unpaired) electrons. The van der Waals surface area contributed by atoms with Crippen LogP contribution in [0.25, 0.3) is 44.3 Å². The number of benzene rings is 2. The number of pyridine rings is 4. The highest BCUT2D eigenvalue weighted by atomic mass is 32.2. The number of nitrogens with two attached hydrogens (primary N) is 1. The van der Waals surface area contributed by atoms with Gasteiger partial charge in [-0.25, -0.2) is 9.97 Å². The van der Waals surface area contributed by atoms with Gasteiger partial charge in [0.15, 0.2) is 23.0 Å². The molecule has 0 spiro atoms. The number of halogens is 3. The highest BCUT2D eigenvalue weighted by Crippen LogP contribution is 2.43. The topological polar surface area (TPSA) is 235 Å². The number of nitrogens with zero attached hydrogens (tertiary/aromatic N) is 4. The normalized spacial score (nSPS) is 15.6. The van der Waals surface area contributed by atoms with Gasteiger partial charge >= 0.3 is 15.6 Å². The third-order valence-corrected chi connectivity index (χ3v) is 11.8. The van der Waals surface area contributed by atoms with Crippen molar-refractivity contribution in [1.29, 1.82) is 0 Å². The Morgan fingerprint density at radius 2 is 1.24 bits per heavy atom. The van der Waals surface area contributed by atoms with Crippen molar-refractivity contribution >= 4 is 49.4 Å². The van der Waals surface area contributed by atoms with Crippen LogP contribution in [0.2, 0.25) is 0 Å². The number of amides is 1. The van der Waals surface area contributed by atoms with Gasteiger partial charge in [0, 0.05) is 61.3 Å². The van der Waals surface area contributed by atoms with Gasteiger partial charge in [-0.15, -0.1) is 0 Å². The fourth-order valence-corrected chi connectivity index (χ4v) is 7.79. The zero-order chi connectivity index (χ0) is 49.2. The molecule has 2 fully saturated rings. The summed E-state index contributed by atoms with van der Waals surface area (Å²) < 4.78 is 98.0. The first-order valence-corrected chi connectivity index (χ1v) is 22.3. The fraction of sp³-hybridized carbons (Fsp3) is 0.348. The first-order chi connectivity index (χ1) is 32.6. The van der Waals surface area contributed by atoms with Crippen LogP contribution >= 0.6 is 0 Å². The highest BCUT2D eigenvalue weighted by molar-refractivity contribution is 7.88. The van der Waals surface area contributed by atoms with Crippen LogP contribution in [0.4, 0.5) is 19.0 Å². The number of anilines is 1. The summed E-state index contributed by atoms with van der Waals surface area (Å²) in [5.74, 6) is 3.69. The molecule has 5 heterocycles. The molecule has 8 rings (SSSR count). The van der Waals surface area contributed by atoms with E-state index in [1.165, 1.54) is 57.9 Å². The van der Waals surface area contributed by atoms with E-state index in [2.05, 4.69) is 29.8 Å². The Balaban J connectivity index is 0.000000192. The van der Waals surface area contributed by atoms with Crippen molar-refractivity contribution in [2.45, 2.75) is 31.2 Å². The van der Waals surface area contributed by atoms with E-state index >= 15 is 0 Å². The number of aromatic nitrogens is 4. The Bertz CT molecular complexity index is 2840. The van der Waals surface area contributed by atoms with Crippen LogP contribution in [0, 0.1) is 11.8 Å². The lowest BCUT2D eigenvalue weighted by molar-refractivity contribution is -0.119. The predicted molar refractivity (Wildman–Crippen MR) is 246 cm³/mol. The van der Waals surface area contributed by atoms with Gasteiger partial charge in [0.05, 0.1) is 70.5 Å². The summed E-state index contributed by atoms with van der Waals surface area (Å²) in [4.78, 5) is 39.5. The van der Waals surface area contributed by atoms with E-state index < -0.39 is 21.5 Å². The van der Waals surface area contributed by atoms with Crippen molar-refractivity contribution in [2.75, 3.05) is 67.6 Å². The van der Waals surface area contributed by atoms with Crippen molar-refractivity contribution in [3.63, 3.8) is 0 Å². The van der Waals surface area contributed by atoms with Crippen LogP contribution in [-0.4, -0.2) is 108 Å². The summed E-state index contributed by atoms with van der Waals surface area (Å²) in [6, 6.07) is 16.8. The second-order valence-corrected chi connectivity index (χ2v) is 16.8. The number of fused-ring (bicyclic) bond motifs is 2. The largest absolute Gasteiger partial charge is 0.534 e. The van der Waals surface area contributed by atoms with Crippen LogP contribution < -0.4 is 49.0 Å². The van der Waals surface area contributed by atoms with Crippen molar-refractivity contribution in [2.24, 2.45) is 17.6 Å². The summed E-state index contributed by atoms with van der Waals surface area (Å²) in [7, 11) is 3.01. The zero-order valence-corrected chi connectivity index (χ0v) is 38.7. The van der Waals surface area contributed by atoms with Gasteiger partial charge in [0.25, 0.3) is 0 Å². The van der Waals surface area contributed by atoms with Gasteiger partial charge in [0.2, 0.25) is 23.3 Å². The minimum absolute atomic E-state index is 0.0125. The maximum absolute atomic E-state index is 12.8.